The number of aliphatic hydroxyl groups is 1. The lowest BCUT2D eigenvalue weighted by Gasteiger charge is -2.30. The van der Waals surface area contributed by atoms with Gasteiger partial charge in [-0.2, -0.15) is 0 Å². The number of amides is 1. The van der Waals surface area contributed by atoms with Gasteiger partial charge in [-0.15, -0.1) is 0 Å². The molecule has 1 aliphatic rings. The molecular weight excluding hydrogens is 194 g/mol. The van der Waals surface area contributed by atoms with E-state index in [-0.39, 0.29) is 11.8 Å². The number of ether oxygens (including phenoxy) is 1. The normalized spacial score (nSPS) is 34.7. The van der Waals surface area contributed by atoms with Crippen molar-refractivity contribution in [2.75, 3.05) is 20.3 Å². The summed E-state index contributed by atoms with van der Waals surface area (Å²) < 4.78 is 5.37. The van der Waals surface area contributed by atoms with E-state index >= 15 is 0 Å². The third kappa shape index (κ3) is 2.79. The van der Waals surface area contributed by atoms with Crippen molar-refractivity contribution in [3.8, 4) is 0 Å². The van der Waals surface area contributed by atoms with E-state index in [2.05, 4.69) is 5.32 Å². The summed E-state index contributed by atoms with van der Waals surface area (Å²) in [4.78, 5) is 11.6. The van der Waals surface area contributed by atoms with Crippen LogP contribution in [0.5, 0.6) is 0 Å². The summed E-state index contributed by atoms with van der Waals surface area (Å²) in [5.41, 5.74) is -1.35. The lowest BCUT2D eigenvalue weighted by molar-refractivity contribution is -0.147. The predicted molar refractivity (Wildman–Crippen MR) is 57.4 cm³/mol. The Morgan fingerprint density at radius 3 is 3.00 bits per heavy atom. The molecule has 0 spiro atoms. The first kappa shape index (κ1) is 12.2. The number of hydrogen-bond donors (Lipinski definition) is 2. The van der Waals surface area contributed by atoms with Crippen LogP contribution in [0.15, 0.2) is 12.2 Å². The fourth-order valence-corrected chi connectivity index (χ4v) is 1.66. The fraction of sp³-hybridized carbons (Fsp3) is 0.727. The molecule has 0 saturated carbocycles. The number of likely N-dealkylation sites (N-methyl/N-ethyl adjacent to an activating group) is 1. The highest BCUT2D eigenvalue weighted by atomic mass is 16.5. The van der Waals surface area contributed by atoms with Crippen molar-refractivity contribution in [2.24, 2.45) is 5.92 Å². The van der Waals surface area contributed by atoms with E-state index in [9.17, 15) is 9.90 Å². The topological polar surface area (TPSA) is 58.6 Å². The Morgan fingerprint density at radius 1 is 1.60 bits per heavy atom. The van der Waals surface area contributed by atoms with Gasteiger partial charge in [0, 0.05) is 19.4 Å². The van der Waals surface area contributed by atoms with Crippen LogP contribution in [0, 0.1) is 5.92 Å². The zero-order valence-electron chi connectivity index (χ0n) is 9.32. The summed E-state index contributed by atoms with van der Waals surface area (Å²) in [5.74, 6) is -0.551. The molecule has 2 atom stereocenters. The van der Waals surface area contributed by atoms with Crippen LogP contribution in [0.4, 0.5) is 0 Å². The maximum absolute atomic E-state index is 11.6. The van der Waals surface area contributed by atoms with E-state index in [1.54, 1.807) is 0 Å². The molecule has 0 aromatic carbocycles. The van der Waals surface area contributed by atoms with Gasteiger partial charge < -0.3 is 15.2 Å². The van der Waals surface area contributed by atoms with Crippen LogP contribution in [-0.4, -0.2) is 36.9 Å². The smallest absolute Gasteiger partial charge is 0.252 e. The average molecular weight is 213 g/mol. The molecule has 0 unspecified atom stereocenters. The van der Waals surface area contributed by atoms with Crippen LogP contribution in [0.3, 0.4) is 0 Å². The minimum Gasteiger partial charge on any atom is -0.381 e. The molecule has 4 heteroatoms. The van der Waals surface area contributed by atoms with Crippen LogP contribution in [-0.2, 0) is 9.53 Å². The molecular formula is C11H19NO3. The van der Waals surface area contributed by atoms with Gasteiger partial charge in [0.2, 0.25) is 0 Å². The number of nitrogens with one attached hydrogen (secondary N) is 1. The summed E-state index contributed by atoms with van der Waals surface area (Å²) in [6, 6.07) is 0. The monoisotopic (exact) mass is 213 g/mol. The van der Waals surface area contributed by atoms with Crippen molar-refractivity contribution in [3.05, 3.63) is 12.2 Å². The molecule has 0 bridgehead atoms. The van der Waals surface area contributed by atoms with E-state index < -0.39 is 5.60 Å². The van der Waals surface area contributed by atoms with E-state index in [0.717, 1.165) is 6.42 Å². The second kappa shape index (κ2) is 5.28. The maximum atomic E-state index is 11.6. The van der Waals surface area contributed by atoms with Gasteiger partial charge in [0.25, 0.3) is 5.91 Å². The second-order valence-corrected chi connectivity index (χ2v) is 3.94. The average Bonchev–Trinajstić information content (AvgIpc) is 2.32. The van der Waals surface area contributed by atoms with Gasteiger partial charge >= 0.3 is 0 Å². The zero-order chi connectivity index (χ0) is 11.3. The summed E-state index contributed by atoms with van der Waals surface area (Å²) in [5, 5.41) is 12.8. The van der Waals surface area contributed by atoms with Crippen LogP contribution in [0.25, 0.3) is 0 Å². The summed E-state index contributed by atoms with van der Waals surface area (Å²) in [7, 11) is 1.53. The third-order valence-corrected chi connectivity index (χ3v) is 2.83. The first-order chi connectivity index (χ1) is 7.11. The van der Waals surface area contributed by atoms with Gasteiger partial charge in [-0.3, -0.25) is 4.79 Å². The van der Waals surface area contributed by atoms with Crippen LogP contribution in [0.2, 0.25) is 0 Å². The fourth-order valence-electron chi connectivity index (χ4n) is 1.66. The molecule has 15 heavy (non-hydrogen) atoms. The Morgan fingerprint density at radius 2 is 2.33 bits per heavy atom. The Balaban J connectivity index is 2.83. The van der Waals surface area contributed by atoms with Gasteiger partial charge in [-0.1, -0.05) is 19.1 Å². The highest BCUT2D eigenvalue weighted by Crippen LogP contribution is 2.24. The molecule has 1 rings (SSSR count). The van der Waals surface area contributed by atoms with E-state index in [0.29, 0.717) is 19.6 Å². The van der Waals surface area contributed by atoms with Gasteiger partial charge in [-0.25, -0.2) is 0 Å². The third-order valence-electron chi connectivity index (χ3n) is 2.83. The Bertz CT molecular complexity index is 252. The zero-order valence-corrected chi connectivity index (χ0v) is 9.32. The number of hydrogen-bond acceptors (Lipinski definition) is 3. The van der Waals surface area contributed by atoms with Crippen molar-refractivity contribution >= 4 is 5.91 Å². The first-order valence-corrected chi connectivity index (χ1v) is 5.28. The van der Waals surface area contributed by atoms with E-state index in [1.807, 2.05) is 19.1 Å². The molecule has 1 heterocycles. The summed E-state index contributed by atoms with van der Waals surface area (Å²) >= 11 is 0. The predicted octanol–water partition coefficient (Wildman–Crippen LogP) is 0.466. The molecule has 2 N–H and O–H groups in total. The number of carbonyl (C=O) groups excluding carboxylic acids is 1. The standard InChI is InChI=1S/C11H19NO3/c1-9-8-15-7-5-3-4-6-11(9,14)10(13)12-2/h3-4,9,14H,5-8H2,1-2H3,(H,12,13)/b4-3-/t9-,11+/m1/s1. The SMILES string of the molecule is CNC(=O)[C@]1(O)C/C=C\CCOC[C@H]1C. The minimum absolute atomic E-state index is 0.208. The Hall–Kier alpha value is -0.870. The summed E-state index contributed by atoms with van der Waals surface area (Å²) in [6.45, 7) is 2.88. The quantitative estimate of drug-likeness (QED) is 0.622. The van der Waals surface area contributed by atoms with Crippen LogP contribution >= 0.6 is 0 Å². The van der Waals surface area contributed by atoms with Gasteiger partial charge in [0.05, 0.1) is 13.2 Å². The molecule has 4 nitrogen and oxygen atoms in total. The van der Waals surface area contributed by atoms with Crippen LogP contribution in [0.1, 0.15) is 19.8 Å². The van der Waals surface area contributed by atoms with Gasteiger partial charge in [-0.05, 0) is 6.42 Å². The number of carbonyl (C=O) groups is 1. The molecule has 0 aromatic rings. The first-order valence-electron chi connectivity index (χ1n) is 5.28. The van der Waals surface area contributed by atoms with Gasteiger partial charge in [0.15, 0.2) is 5.60 Å². The van der Waals surface area contributed by atoms with Crippen molar-refractivity contribution in [2.45, 2.75) is 25.4 Å². The molecule has 0 saturated heterocycles. The molecule has 1 aliphatic heterocycles. The van der Waals surface area contributed by atoms with E-state index in [1.165, 1.54) is 7.05 Å². The Kier molecular flexibility index (Phi) is 4.29. The second-order valence-electron chi connectivity index (χ2n) is 3.94. The molecule has 86 valence electrons. The number of rotatable bonds is 1. The molecule has 0 aliphatic carbocycles. The highest BCUT2D eigenvalue weighted by Gasteiger charge is 2.40. The van der Waals surface area contributed by atoms with Gasteiger partial charge in [0.1, 0.15) is 0 Å². The highest BCUT2D eigenvalue weighted by molar-refractivity contribution is 5.85. The summed E-state index contributed by atoms with van der Waals surface area (Å²) in [6.07, 6.45) is 4.96. The van der Waals surface area contributed by atoms with Crippen molar-refractivity contribution in [3.63, 3.8) is 0 Å². The van der Waals surface area contributed by atoms with Crippen molar-refractivity contribution < 1.29 is 14.6 Å². The minimum atomic E-state index is -1.35. The molecule has 0 aromatic heterocycles. The van der Waals surface area contributed by atoms with E-state index in [4.69, 9.17) is 4.74 Å². The van der Waals surface area contributed by atoms with Crippen LogP contribution < -0.4 is 5.32 Å². The lowest BCUT2D eigenvalue weighted by atomic mass is 9.85. The largest absolute Gasteiger partial charge is 0.381 e. The maximum Gasteiger partial charge on any atom is 0.252 e. The molecule has 1 amide bonds. The molecule has 0 fully saturated rings. The van der Waals surface area contributed by atoms with Crippen molar-refractivity contribution in [1.82, 2.24) is 5.32 Å². The lowest BCUT2D eigenvalue weighted by Crippen LogP contribution is -2.51. The Labute approximate surface area is 90.3 Å². The van der Waals surface area contributed by atoms with Crippen molar-refractivity contribution in [1.29, 1.82) is 0 Å². The molecule has 0 radical (unpaired) electrons.